The Morgan fingerprint density at radius 2 is 1.50 bits per heavy atom. The summed E-state index contributed by atoms with van der Waals surface area (Å²) in [5.41, 5.74) is -0.0134. The van der Waals surface area contributed by atoms with Gasteiger partial charge in [0.25, 0.3) is 0 Å². The zero-order chi connectivity index (χ0) is 16.2. The Hall–Kier alpha value is -1.74. The van der Waals surface area contributed by atoms with E-state index in [1.54, 1.807) is 0 Å². The van der Waals surface area contributed by atoms with Crippen molar-refractivity contribution in [2.45, 2.75) is 32.6 Å². The lowest BCUT2D eigenvalue weighted by molar-refractivity contribution is -0.116. The number of ether oxygens (including phenoxy) is 1. The molecule has 116 valence electrons. The fourth-order valence-corrected chi connectivity index (χ4v) is 2.79. The van der Waals surface area contributed by atoms with Crippen LogP contribution in [0.25, 0.3) is 0 Å². The third-order valence-electron chi connectivity index (χ3n) is 3.67. The molecule has 0 aliphatic rings. The molecule has 3 heteroatoms. The van der Waals surface area contributed by atoms with E-state index in [-0.39, 0.29) is 16.4 Å². The van der Waals surface area contributed by atoms with Gasteiger partial charge in [0.05, 0.1) is 0 Å². The number of carbonyl (C=O) groups excluding carboxylic acids is 1. The fraction of sp³-hybridized carbons (Fsp3) is 0.316. The summed E-state index contributed by atoms with van der Waals surface area (Å²) in [5, 5.41) is 0.198. The van der Waals surface area contributed by atoms with Crippen molar-refractivity contribution in [2.75, 3.05) is 0 Å². The van der Waals surface area contributed by atoms with Crippen LogP contribution in [0.3, 0.4) is 0 Å². The Balaban J connectivity index is 1.99. The molecule has 0 N–H and O–H groups in total. The summed E-state index contributed by atoms with van der Waals surface area (Å²) < 4.78 is 5.75. The summed E-state index contributed by atoms with van der Waals surface area (Å²) in [6, 6.07) is 17.3. The summed E-state index contributed by atoms with van der Waals surface area (Å²) >= 11 is 1.30. The van der Waals surface area contributed by atoms with E-state index in [0.717, 1.165) is 16.4 Å². The molecule has 2 aromatic rings. The van der Waals surface area contributed by atoms with Crippen LogP contribution >= 0.6 is 11.8 Å². The minimum atomic E-state index is -0.0134. The summed E-state index contributed by atoms with van der Waals surface area (Å²) in [6.07, 6.45) is 0. The molecule has 0 aromatic heterocycles. The first kappa shape index (κ1) is 16.6. The molecule has 2 rings (SSSR count). The highest BCUT2D eigenvalue weighted by Crippen LogP contribution is 2.33. The van der Waals surface area contributed by atoms with E-state index < -0.39 is 0 Å². The molecular formula is C19H22O2S. The lowest BCUT2D eigenvalue weighted by Gasteiger charge is -2.25. The van der Waals surface area contributed by atoms with Crippen LogP contribution in [0, 0.1) is 11.3 Å². The van der Waals surface area contributed by atoms with Gasteiger partial charge in [0.15, 0.2) is 5.12 Å². The van der Waals surface area contributed by atoms with Gasteiger partial charge in [-0.1, -0.05) is 57.7 Å². The molecule has 0 spiro atoms. The van der Waals surface area contributed by atoms with Crippen LogP contribution in [0.4, 0.5) is 0 Å². The molecule has 2 aromatic carbocycles. The van der Waals surface area contributed by atoms with Gasteiger partial charge < -0.3 is 4.74 Å². The van der Waals surface area contributed by atoms with Gasteiger partial charge in [-0.25, -0.2) is 0 Å². The van der Waals surface area contributed by atoms with Gasteiger partial charge in [0.1, 0.15) is 11.5 Å². The Kier molecular flexibility index (Phi) is 5.30. The Labute approximate surface area is 136 Å². The molecule has 0 saturated heterocycles. The number of hydrogen-bond acceptors (Lipinski definition) is 3. The molecule has 0 saturated carbocycles. The lowest BCUT2D eigenvalue weighted by atomic mass is 9.83. The van der Waals surface area contributed by atoms with Crippen LogP contribution in [0.2, 0.25) is 0 Å². The van der Waals surface area contributed by atoms with E-state index in [0.29, 0.717) is 0 Å². The molecular weight excluding hydrogens is 292 g/mol. The van der Waals surface area contributed by atoms with Gasteiger partial charge in [-0.15, -0.1) is 0 Å². The molecule has 0 amide bonds. The average Bonchev–Trinajstić information content (AvgIpc) is 2.48. The molecule has 22 heavy (non-hydrogen) atoms. The van der Waals surface area contributed by atoms with Crippen LogP contribution < -0.4 is 4.74 Å². The zero-order valence-corrected chi connectivity index (χ0v) is 14.3. The molecule has 2 nitrogen and oxygen atoms in total. The van der Waals surface area contributed by atoms with Gasteiger partial charge in [-0.2, -0.15) is 0 Å². The second kappa shape index (κ2) is 7.01. The van der Waals surface area contributed by atoms with Crippen molar-refractivity contribution in [3.8, 4) is 11.5 Å². The SMILES string of the molecule is CC(C(=O)Sc1ccc(Oc2ccccc2)cc1)C(C)(C)C. The average molecular weight is 314 g/mol. The van der Waals surface area contributed by atoms with Gasteiger partial charge >= 0.3 is 0 Å². The predicted octanol–water partition coefficient (Wildman–Crippen LogP) is 5.78. The van der Waals surface area contributed by atoms with Gasteiger partial charge in [0.2, 0.25) is 0 Å². The van der Waals surface area contributed by atoms with E-state index in [9.17, 15) is 4.79 Å². The van der Waals surface area contributed by atoms with E-state index in [2.05, 4.69) is 20.8 Å². The quantitative estimate of drug-likeness (QED) is 0.669. The summed E-state index contributed by atoms with van der Waals surface area (Å²) in [6.45, 7) is 8.26. The number of carbonyl (C=O) groups is 1. The first-order valence-corrected chi connectivity index (χ1v) is 8.22. The highest BCUT2D eigenvalue weighted by molar-refractivity contribution is 8.13. The summed E-state index contributed by atoms with van der Waals surface area (Å²) in [7, 11) is 0. The molecule has 1 unspecified atom stereocenters. The van der Waals surface area contributed by atoms with E-state index in [4.69, 9.17) is 4.74 Å². The number of hydrogen-bond donors (Lipinski definition) is 0. The van der Waals surface area contributed by atoms with Gasteiger partial charge in [-0.05, 0) is 41.8 Å². The van der Waals surface area contributed by atoms with Crippen molar-refractivity contribution in [1.82, 2.24) is 0 Å². The van der Waals surface area contributed by atoms with Crippen LogP contribution in [0.5, 0.6) is 11.5 Å². The third kappa shape index (κ3) is 4.63. The van der Waals surface area contributed by atoms with E-state index >= 15 is 0 Å². The second-order valence-electron chi connectivity index (χ2n) is 6.40. The number of benzene rings is 2. The Morgan fingerprint density at radius 1 is 0.955 bits per heavy atom. The smallest absolute Gasteiger partial charge is 0.197 e. The first-order chi connectivity index (χ1) is 10.4. The van der Waals surface area contributed by atoms with Crippen LogP contribution in [0.15, 0.2) is 59.5 Å². The standard InChI is InChI=1S/C19H22O2S/c1-14(19(2,3)4)18(20)22-17-12-10-16(11-13-17)21-15-8-6-5-7-9-15/h5-14H,1-4H3. The highest BCUT2D eigenvalue weighted by Gasteiger charge is 2.27. The molecule has 0 bridgehead atoms. The third-order valence-corrected chi connectivity index (χ3v) is 4.74. The van der Waals surface area contributed by atoms with Crippen molar-refractivity contribution >= 4 is 16.9 Å². The van der Waals surface area contributed by atoms with Crippen LogP contribution in [0.1, 0.15) is 27.7 Å². The lowest BCUT2D eigenvalue weighted by Crippen LogP contribution is -2.23. The monoisotopic (exact) mass is 314 g/mol. The second-order valence-corrected chi connectivity index (χ2v) is 7.47. The van der Waals surface area contributed by atoms with Crippen molar-refractivity contribution in [3.05, 3.63) is 54.6 Å². The maximum Gasteiger partial charge on any atom is 0.197 e. The van der Waals surface area contributed by atoms with Crippen LogP contribution in [-0.4, -0.2) is 5.12 Å². The topological polar surface area (TPSA) is 26.3 Å². The number of thioether (sulfide) groups is 1. The van der Waals surface area contributed by atoms with Crippen molar-refractivity contribution < 1.29 is 9.53 Å². The van der Waals surface area contributed by atoms with E-state index in [1.807, 2.05) is 61.5 Å². The Morgan fingerprint density at radius 3 is 2.05 bits per heavy atom. The summed E-state index contributed by atoms with van der Waals surface area (Å²) in [5.74, 6) is 1.59. The Bertz CT molecular complexity index is 612. The maximum atomic E-state index is 12.3. The summed E-state index contributed by atoms with van der Waals surface area (Å²) in [4.78, 5) is 13.2. The molecule has 0 radical (unpaired) electrons. The molecule has 0 fully saturated rings. The molecule has 0 heterocycles. The minimum Gasteiger partial charge on any atom is -0.457 e. The highest BCUT2D eigenvalue weighted by atomic mass is 32.2. The number of rotatable bonds is 4. The van der Waals surface area contributed by atoms with E-state index in [1.165, 1.54) is 11.8 Å². The van der Waals surface area contributed by atoms with Crippen molar-refractivity contribution in [3.63, 3.8) is 0 Å². The molecule has 1 atom stereocenters. The normalized spacial score (nSPS) is 12.7. The first-order valence-electron chi connectivity index (χ1n) is 7.41. The minimum absolute atomic E-state index is 0.0118. The molecule has 0 aliphatic heterocycles. The van der Waals surface area contributed by atoms with Crippen LogP contribution in [-0.2, 0) is 4.79 Å². The van der Waals surface area contributed by atoms with Crippen molar-refractivity contribution in [1.29, 1.82) is 0 Å². The fourth-order valence-electron chi connectivity index (χ4n) is 1.76. The number of para-hydroxylation sites is 1. The largest absolute Gasteiger partial charge is 0.457 e. The van der Waals surface area contributed by atoms with Gasteiger partial charge in [-0.3, -0.25) is 4.79 Å². The van der Waals surface area contributed by atoms with Crippen molar-refractivity contribution in [2.24, 2.45) is 11.3 Å². The zero-order valence-electron chi connectivity index (χ0n) is 13.5. The molecule has 0 aliphatic carbocycles. The maximum absolute atomic E-state index is 12.3. The van der Waals surface area contributed by atoms with Gasteiger partial charge in [0, 0.05) is 10.8 Å². The predicted molar refractivity (Wildman–Crippen MR) is 92.4 cm³/mol.